The van der Waals surface area contributed by atoms with E-state index in [1.165, 1.54) is 0 Å². The van der Waals surface area contributed by atoms with Crippen molar-refractivity contribution in [2.75, 3.05) is 13.2 Å². The fourth-order valence-corrected chi connectivity index (χ4v) is 1.14. The molecule has 0 aromatic rings. The monoisotopic (exact) mass is 230 g/mol. The minimum Gasteiger partial charge on any atom is -0.466 e. The van der Waals surface area contributed by atoms with E-state index < -0.39 is 17.9 Å². The molecular weight excluding hydrogens is 212 g/mol. The van der Waals surface area contributed by atoms with Crippen LogP contribution >= 0.6 is 0 Å². The Labute approximate surface area is 94.6 Å². The highest BCUT2D eigenvalue weighted by atomic mass is 16.5. The first-order valence-electron chi connectivity index (χ1n) is 5.19. The molecule has 0 aromatic carbocycles. The first-order valence-corrected chi connectivity index (χ1v) is 5.19. The Morgan fingerprint density at radius 2 is 1.81 bits per heavy atom. The molecule has 1 unspecified atom stereocenters. The Balaban J connectivity index is 4.19. The summed E-state index contributed by atoms with van der Waals surface area (Å²) in [5.41, 5.74) is 5.26. The molecule has 0 saturated carbocycles. The number of amidine groups is 1. The van der Waals surface area contributed by atoms with Gasteiger partial charge in [0, 0.05) is 6.42 Å². The minimum absolute atomic E-state index is 0.0525. The van der Waals surface area contributed by atoms with Crippen LogP contribution < -0.4 is 5.73 Å². The van der Waals surface area contributed by atoms with Gasteiger partial charge < -0.3 is 15.2 Å². The molecule has 0 fully saturated rings. The molecule has 16 heavy (non-hydrogen) atoms. The van der Waals surface area contributed by atoms with Gasteiger partial charge >= 0.3 is 11.9 Å². The Hall–Kier alpha value is -1.59. The smallest absolute Gasteiger partial charge is 0.316 e. The van der Waals surface area contributed by atoms with Gasteiger partial charge in [-0.2, -0.15) is 0 Å². The topological polar surface area (TPSA) is 102 Å². The van der Waals surface area contributed by atoms with Crippen LogP contribution in [-0.2, 0) is 19.1 Å². The van der Waals surface area contributed by atoms with Gasteiger partial charge in [0.05, 0.1) is 13.2 Å². The molecule has 0 radical (unpaired) electrons. The molecule has 0 heterocycles. The van der Waals surface area contributed by atoms with Crippen LogP contribution in [0.25, 0.3) is 0 Å². The van der Waals surface area contributed by atoms with E-state index in [4.69, 9.17) is 20.6 Å². The molecule has 0 bridgehead atoms. The van der Waals surface area contributed by atoms with Gasteiger partial charge in [-0.25, -0.2) is 0 Å². The van der Waals surface area contributed by atoms with Crippen LogP contribution in [-0.4, -0.2) is 31.0 Å². The molecule has 0 aromatic heterocycles. The fourth-order valence-electron chi connectivity index (χ4n) is 1.14. The maximum absolute atomic E-state index is 11.4. The van der Waals surface area contributed by atoms with Crippen molar-refractivity contribution in [3.05, 3.63) is 0 Å². The molecule has 0 aliphatic rings. The van der Waals surface area contributed by atoms with Crippen LogP contribution in [0.4, 0.5) is 0 Å². The predicted molar refractivity (Wildman–Crippen MR) is 57.9 cm³/mol. The molecule has 0 spiro atoms. The van der Waals surface area contributed by atoms with Crippen molar-refractivity contribution in [2.45, 2.75) is 26.7 Å². The van der Waals surface area contributed by atoms with Crippen molar-refractivity contribution in [1.82, 2.24) is 0 Å². The fraction of sp³-hybridized carbons (Fsp3) is 0.700. The number of ether oxygens (including phenoxy) is 2. The predicted octanol–water partition coefficient (Wildman–Crippen LogP) is 0.445. The minimum atomic E-state index is -0.857. The largest absolute Gasteiger partial charge is 0.466 e. The van der Waals surface area contributed by atoms with E-state index in [1.807, 2.05) is 0 Å². The molecule has 6 nitrogen and oxygen atoms in total. The van der Waals surface area contributed by atoms with Crippen LogP contribution in [0.3, 0.4) is 0 Å². The standard InChI is InChI=1S/C10H18N2O4/c1-3-15-8(13)6-5-7(9(11)12)10(14)16-4-2/h7H,3-6H2,1-2H3,(H3,11,12). The van der Waals surface area contributed by atoms with Crippen LogP contribution in [0.5, 0.6) is 0 Å². The van der Waals surface area contributed by atoms with E-state index in [0.717, 1.165) is 0 Å². The highest BCUT2D eigenvalue weighted by Gasteiger charge is 2.24. The SMILES string of the molecule is CCOC(=O)CCC(C(=N)N)C(=O)OCC. The third-order valence-electron chi connectivity index (χ3n) is 1.89. The van der Waals surface area contributed by atoms with E-state index >= 15 is 0 Å². The van der Waals surface area contributed by atoms with E-state index in [-0.39, 0.29) is 25.3 Å². The molecule has 1 atom stereocenters. The quantitative estimate of drug-likeness (QED) is 0.375. The first kappa shape index (κ1) is 14.4. The zero-order valence-electron chi connectivity index (χ0n) is 9.62. The number of hydrogen-bond acceptors (Lipinski definition) is 5. The average molecular weight is 230 g/mol. The Bertz CT molecular complexity index is 266. The first-order chi connectivity index (χ1) is 7.52. The number of rotatable bonds is 7. The van der Waals surface area contributed by atoms with Gasteiger partial charge in [0.15, 0.2) is 0 Å². The number of hydrogen-bond donors (Lipinski definition) is 2. The second-order valence-corrected chi connectivity index (χ2v) is 3.10. The summed E-state index contributed by atoms with van der Waals surface area (Å²) >= 11 is 0. The zero-order valence-corrected chi connectivity index (χ0v) is 9.62. The molecule has 0 saturated heterocycles. The molecule has 0 aliphatic carbocycles. The summed E-state index contributed by atoms with van der Waals surface area (Å²) in [6, 6.07) is 0. The Morgan fingerprint density at radius 1 is 1.25 bits per heavy atom. The Kier molecular flexibility index (Phi) is 6.91. The van der Waals surface area contributed by atoms with Gasteiger partial charge in [0.2, 0.25) is 0 Å². The maximum Gasteiger partial charge on any atom is 0.316 e. The molecule has 0 aliphatic heterocycles. The summed E-state index contributed by atoms with van der Waals surface area (Å²) in [6.07, 6.45) is 0.198. The molecule has 0 rings (SSSR count). The number of nitrogens with two attached hydrogens (primary N) is 1. The third kappa shape index (κ3) is 5.33. The van der Waals surface area contributed by atoms with Gasteiger partial charge in [0.1, 0.15) is 11.8 Å². The maximum atomic E-state index is 11.4. The van der Waals surface area contributed by atoms with Gasteiger partial charge in [0.25, 0.3) is 0 Å². The van der Waals surface area contributed by atoms with Gasteiger partial charge in [-0.1, -0.05) is 0 Å². The second kappa shape index (κ2) is 7.67. The van der Waals surface area contributed by atoms with E-state index in [1.54, 1.807) is 13.8 Å². The van der Waals surface area contributed by atoms with E-state index in [2.05, 4.69) is 0 Å². The lowest BCUT2D eigenvalue weighted by molar-refractivity contribution is -0.147. The van der Waals surface area contributed by atoms with E-state index in [0.29, 0.717) is 6.61 Å². The number of nitrogens with one attached hydrogen (secondary N) is 1. The average Bonchev–Trinajstić information content (AvgIpc) is 2.18. The van der Waals surface area contributed by atoms with Crippen molar-refractivity contribution in [1.29, 1.82) is 5.41 Å². The van der Waals surface area contributed by atoms with E-state index in [9.17, 15) is 9.59 Å². The normalized spacial score (nSPS) is 11.6. The lowest BCUT2D eigenvalue weighted by atomic mass is 10.0. The molecule has 92 valence electrons. The van der Waals surface area contributed by atoms with Crippen molar-refractivity contribution in [3.63, 3.8) is 0 Å². The van der Waals surface area contributed by atoms with Crippen molar-refractivity contribution in [2.24, 2.45) is 11.7 Å². The highest BCUT2D eigenvalue weighted by Crippen LogP contribution is 2.09. The Morgan fingerprint density at radius 3 is 2.25 bits per heavy atom. The van der Waals surface area contributed by atoms with Crippen LogP contribution in [0.2, 0.25) is 0 Å². The highest BCUT2D eigenvalue weighted by molar-refractivity contribution is 5.98. The summed E-state index contributed by atoms with van der Waals surface area (Å²) in [6.45, 7) is 3.89. The third-order valence-corrected chi connectivity index (χ3v) is 1.89. The van der Waals surface area contributed by atoms with Crippen LogP contribution in [0.1, 0.15) is 26.7 Å². The lowest BCUT2D eigenvalue weighted by Gasteiger charge is -2.13. The van der Waals surface area contributed by atoms with Crippen molar-refractivity contribution in [3.8, 4) is 0 Å². The lowest BCUT2D eigenvalue weighted by Crippen LogP contribution is -2.31. The number of esters is 2. The van der Waals surface area contributed by atoms with Crippen molar-refractivity contribution < 1.29 is 19.1 Å². The number of carbonyl (C=O) groups is 2. The van der Waals surface area contributed by atoms with Crippen LogP contribution in [0, 0.1) is 11.3 Å². The summed E-state index contributed by atoms with van der Waals surface area (Å²) < 4.78 is 9.46. The van der Waals surface area contributed by atoms with Crippen molar-refractivity contribution >= 4 is 17.8 Å². The molecular formula is C10H18N2O4. The summed E-state index contributed by atoms with van der Waals surface area (Å²) in [4.78, 5) is 22.4. The molecule has 6 heteroatoms. The molecule has 0 amide bonds. The van der Waals surface area contributed by atoms with Gasteiger partial charge in [-0.3, -0.25) is 15.0 Å². The second-order valence-electron chi connectivity index (χ2n) is 3.10. The molecule has 3 N–H and O–H groups in total. The summed E-state index contributed by atoms with van der Waals surface area (Å²) in [5.74, 6) is -2.12. The number of carbonyl (C=O) groups excluding carboxylic acids is 2. The van der Waals surface area contributed by atoms with Gasteiger partial charge in [-0.05, 0) is 20.3 Å². The summed E-state index contributed by atoms with van der Waals surface area (Å²) in [7, 11) is 0. The summed E-state index contributed by atoms with van der Waals surface area (Å²) in [5, 5.41) is 7.23. The van der Waals surface area contributed by atoms with Crippen LogP contribution in [0.15, 0.2) is 0 Å². The van der Waals surface area contributed by atoms with Gasteiger partial charge in [-0.15, -0.1) is 0 Å². The zero-order chi connectivity index (χ0) is 12.6.